The maximum Gasteiger partial charge on any atom is 0.479 e. The number of carbonyl (C=O) groups excluding carboxylic acids is 1. The number of halogens is 1. The Morgan fingerprint density at radius 1 is 1.07 bits per heavy atom. The molecule has 5 rings (SSSR count). The van der Waals surface area contributed by atoms with Gasteiger partial charge in [0.05, 0.1) is 32.1 Å². The van der Waals surface area contributed by atoms with Crippen LogP contribution in [0.2, 0.25) is 0 Å². The number of benzene rings is 2. The van der Waals surface area contributed by atoms with Crippen LogP contribution in [-0.4, -0.2) is 92.5 Å². The summed E-state index contributed by atoms with van der Waals surface area (Å²) < 4.78 is 45.9. The summed E-state index contributed by atoms with van der Waals surface area (Å²) in [6.07, 6.45) is -4.06. The number of fused-ring (bicyclic) bond motifs is 1. The van der Waals surface area contributed by atoms with Crippen molar-refractivity contribution >= 4 is 43.1 Å². The van der Waals surface area contributed by atoms with E-state index in [0.29, 0.717) is 17.0 Å². The van der Waals surface area contributed by atoms with Crippen LogP contribution in [0.25, 0.3) is 0 Å². The van der Waals surface area contributed by atoms with Gasteiger partial charge in [0, 0.05) is 10.7 Å². The zero-order chi connectivity index (χ0) is 30.2. The largest absolute Gasteiger partial charge is 0.497 e. The van der Waals surface area contributed by atoms with Crippen molar-refractivity contribution in [1.82, 2.24) is 9.80 Å². The van der Waals surface area contributed by atoms with Crippen LogP contribution in [-0.2, 0) is 28.9 Å². The molecule has 3 aliphatic rings. The molecule has 0 bridgehead atoms. The highest BCUT2D eigenvalue weighted by atomic mass is 79.9. The first-order valence-corrected chi connectivity index (χ1v) is 16.7. The van der Waals surface area contributed by atoms with Crippen molar-refractivity contribution in [2.24, 2.45) is 4.99 Å². The molecule has 0 spiro atoms. The molecule has 2 amide bonds. The van der Waals surface area contributed by atoms with Crippen molar-refractivity contribution in [1.29, 1.82) is 0 Å². The van der Waals surface area contributed by atoms with E-state index in [-0.39, 0.29) is 6.54 Å². The molecule has 2 aromatic carbocycles. The second kappa shape index (κ2) is 12.3. The molecule has 4 N–H and O–H groups in total. The van der Waals surface area contributed by atoms with Crippen LogP contribution in [0.15, 0.2) is 70.3 Å². The Balaban J connectivity index is 1.17. The molecule has 14 nitrogen and oxygen atoms in total. The molecule has 42 heavy (non-hydrogen) atoms. The van der Waals surface area contributed by atoms with E-state index in [0.717, 1.165) is 14.9 Å². The molecule has 7 atom stereocenters. The van der Waals surface area contributed by atoms with Crippen LogP contribution < -0.4 is 4.74 Å². The second-order valence-corrected chi connectivity index (χ2v) is 14.0. The fraction of sp³-hybridized carbons (Fsp3) is 0.360. The van der Waals surface area contributed by atoms with E-state index in [1.54, 1.807) is 18.2 Å². The summed E-state index contributed by atoms with van der Waals surface area (Å²) in [7, 11) is -8.30. The van der Waals surface area contributed by atoms with Crippen molar-refractivity contribution in [2.45, 2.75) is 36.9 Å². The molecule has 0 aromatic heterocycles. The molecule has 4 unspecified atom stereocenters. The number of ether oxygens (including phenoxy) is 2. The minimum Gasteiger partial charge on any atom is -0.497 e. The van der Waals surface area contributed by atoms with E-state index in [1.807, 2.05) is 24.3 Å². The summed E-state index contributed by atoms with van der Waals surface area (Å²) >= 11 is 3.38. The molecule has 3 aliphatic heterocycles. The zero-order valence-corrected chi connectivity index (χ0v) is 25.4. The first-order valence-electron chi connectivity index (χ1n) is 12.6. The summed E-state index contributed by atoms with van der Waals surface area (Å²) in [4.78, 5) is 40.6. The number of phosphoric ester groups is 1. The number of aliphatic hydroxyl groups excluding tert-OH is 2. The monoisotopic (exact) mass is 687 g/mol. The Morgan fingerprint density at radius 2 is 1.76 bits per heavy atom. The van der Waals surface area contributed by atoms with E-state index < -0.39 is 64.9 Å². The highest BCUT2D eigenvalue weighted by molar-refractivity contribution is 9.10. The molecule has 17 heteroatoms. The fourth-order valence-corrected chi connectivity index (χ4v) is 7.66. The number of phosphoric acid groups is 1. The minimum absolute atomic E-state index is 0.201. The van der Waals surface area contributed by atoms with E-state index in [1.165, 1.54) is 30.3 Å². The number of carbonyl (C=O) groups is 1. The minimum atomic E-state index is -5.11. The van der Waals surface area contributed by atoms with Gasteiger partial charge in [-0.1, -0.05) is 40.2 Å². The summed E-state index contributed by atoms with van der Waals surface area (Å²) in [6.45, 7) is -0.591. The van der Waals surface area contributed by atoms with E-state index in [2.05, 4.69) is 25.2 Å². The Kier molecular flexibility index (Phi) is 9.08. The second-order valence-electron chi connectivity index (χ2n) is 9.69. The number of hydrogen-bond donors (Lipinski definition) is 4. The van der Waals surface area contributed by atoms with Crippen LogP contribution in [0.4, 0.5) is 4.79 Å². The number of urea groups is 1. The summed E-state index contributed by atoms with van der Waals surface area (Å²) in [5.41, 5.74) is 1.88. The third kappa shape index (κ3) is 6.87. The first-order chi connectivity index (χ1) is 19.9. The molecule has 0 saturated carbocycles. The third-order valence-electron chi connectivity index (χ3n) is 6.78. The van der Waals surface area contributed by atoms with Crippen molar-refractivity contribution in [3.8, 4) is 5.75 Å². The van der Waals surface area contributed by atoms with E-state index in [4.69, 9.17) is 14.0 Å². The quantitative estimate of drug-likeness (QED) is 0.269. The number of methoxy groups -OCH3 is 1. The van der Waals surface area contributed by atoms with E-state index >= 15 is 0 Å². The predicted octanol–water partition coefficient (Wildman–Crippen LogP) is 2.80. The van der Waals surface area contributed by atoms with Gasteiger partial charge in [-0.15, -0.1) is 0 Å². The van der Waals surface area contributed by atoms with Gasteiger partial charge in [0.25, 0.3) is 0 Å². The Bertz CT molecular complexity index is 1470. The van der Waals surface area contributed by atoms with Gasteiger partial charge < -0.3 is 29.5 Å². The van der Waals surface area contributed by atoms with Crippen molar-refractivity contribution in [3.05, 3.63) is 76.4 Å². The van der Waals surface area contributed by atoms with Crippen LogP contribution in [0.3, 0.4) is 0 Å². The number of nitrogens with zero attached hydrogens (tertiary/aromatic N) is 3. The Morgan fingerprint density at radius 3 is 2.43 bits per heavy atom. The van der Waals surface area contributed by atoms with Gasteiger partial charge in [-0.2, -0.15) is 0 Å². The maximum atomic E-state index is 13.3. The van der Waals surface area contributed by atoms with Crippen LogP contribution in [0, 0.1) is 0 Å². The van der Waals surface area contributed by atoms with Gasteiger partial charge >= 0.3 is 21.4 Å². The topological polar surface area (TPSA) is 188 Å². The molecule has 0 aliphatic carbocycles. The average molecular weight is 688 g/mol. The normalized spacial score (nSPS) is 28.3. The van der Waals surface area contributed by atoms with Gasteiger partial charge in [-0.3, -0.25) is 23.9 Å². The number of aliphatic hydroxyl groups is 2. The molecule has 1 fully saturated rings. The van der Waals surface area contributed by atoms with Crippen molar-refractivity contribution in [3.63, 3.8) is 0 Å². The summed E-state index contributed by atoms with van der Waals surface area (Å²) in [5, 5.41) is 21.2. The van der Waals surface area contributed by atoms with E-state index in [9.17, 15) is 33.9 Å². The SMILES string of the molecule is COc1ccc(CP(=O)(O)OP(=O)(O)OC[C@H]2O[C@@H](N3C=CC4N=C(c5ccc(Br)cc5)CN4C3=O)C(O)[C@H]2O)cc1. The number of amides is 2. The van der Waals surface area contributed by atoms with Gasteiger partial charge in [-0.05, 0) is 41.5 Å². The lowest BCUT2D eigenvalue weighted by Crippen LogP contribution is -2.53. The highest BCUT2D eigenvalue weighted by Crippen LogP contribution is 2.61. The molecular formula is C25H28BrN3O11P2. The van der Waals surface area contributed by atoms with Crippen molar-refractivity contribution < 1.29 is 52.2 Å². The molecule has 2 aromatic rings. The number of aliphatic imine (C=N–C) groups is 1. The molecular weight excluding hydrogens is 660 g/mol. The Labute approximate surface area is 249 Å². The highest BCUT2D eigenvalue weighted by Gasteiger charge is 2.50. The fourth-order valence-electron chi connectivity index (χ4n) is 4.68. The van der Waals surface area contributed by atoms with Gasteiger partial charge in [0.2, 0.25) is 0 Å². The van der Waals surface area contributed by atoms with Crippen LogP contribution >= 0.6 is 31.3 Å². The predicted molar refractivity (Wildman–Crippen MR) is 152 cm³/mol. The number of hydrogen-bond acceptors (Lipinski definition) is 10. The molecule has 1 saturated heterocycles. The van der Waals surface area contributed by atoms with Gasteiger partial charge in [0.15, 0.2) is 6.23 Å². The smallest absolute Gasteiger partial charge is 0.479 e. The third-order valence-corrected chi connectivity index (χ3v) is 10.4. The Hall–Kier alpha value is -2.42. The average Bonchev–Trinajstić information content (AvgIpc) is 3.50. The standard InChI is InChI=1S/C25H28BrN3O11P2/c1-37-18-8-2-15(3-9-18)14-41(33,34)40-42(35,36)38-13-20-22(30)23(31)24(39-20)28-11-10-21-27-19(12-29(21)25(28)32)16-4-6-17(26)7-5-16/h2-11,20-24,30-31H,12-14H2,1H3,(H,33,34)(H,35,36)/t20-,21?,22+,23?,24-/m1/s1. The summed E-state index contributed by atoms with van der Waals surface area (Å²) in [5.74, 6) is 0.514. The molecule has 3 heterocycles. The van der Waals surface area contributed by atoms with Gasteiger partial charge in [-0.25, -0.2) is 13.7 Å². The number of rotatable bonds is 10. The van der Waals surface area contributed by atoms with Crippen LogP contribution in [0.1, 0.15) is 11.1 Å². The maximum absolute atomic E-state index is 13.3. The molecule has 0 radical (unpaired) electrons. The van der Waals surface area contributed by atoms with Crippen LogP contribution in [0.5, 0.6) is 5.75 Å². The molecule has 226 valence electrons. The lowest BCUT2D eigenvalue weighted by molar-refractivity contribution is -0.0697. The van der Waals surface area contributed by atoms with Crippen molar-refractivity contribution in [2.75, 3.05) is 20.3 Å². The van der Waals surface area contributed by atoms with Gasteiger partial charge in [0.1, 0.15) is 30.2 Å². The lowest BCUT2D eigenvalue weighted by Gasteiger charge is -2.35. The first kappa shape index (κ1) is 31.0. The summed E-state index contributed by atoms with van der Waals surface area (Å²) in [6, 6.07) is 13.0. The zero-order valence-electron chi connectivity index (χ0n) is 22.0. The lowest BCUT2D eigenvalue weighted by atomic mass is 10.1.